The zero-order valence-electron chi connectivity index (χ0n) is 10.5. The predicted molar refractivity (Wildman–Crippen MR) is 69.4 cm³/mol. The molecule has 0 spiro atoms. The molecule has 0 aromatic heterocycles. The van der Waals surface area contributed by atoms with E-state index in [1.54, 1.807) is 0 Å². The number of likely N-dealkylation sites (tertiary alicyclic amines) is 1. The number of rotatable bonds is 5. The lowest BCUT2D eigenvalue weighted by molar-refractivity contribution is 0.331. The fraction of sp³-hybridized carbons (Fsp3) is 0.857. The Labute approximate surface area is 100 Å². The first-order valence-corrected chi connectivity index (χ1v) is 7.01. The fourth-order valence-corrected chi connectivity index (χ4v) is 2.98. The monoisotopic (exact) mass is 222 g/mol. The molecule has 1 N–H and O–H groups in total. The molecular formula is C14H26N2. The van der Waals surface area contributed by atoms with Crippen LogP contribution < -0.4 is 5.32 Å². The van der Waals surface area contributed by atoms with E-state index >= 15 is 0 Å². The van der Waals surface area contributed by atoms with Crippen molar-refractivity contribution in [1.29, 1.82) is 0 Å². The van der Waals surface area contributed by atoms with Crippen molar-refractivity contribution in [3.8, 4) is 0 Å². The zero-order chi connectivity index (χ0) is 11.2. The maximum atomic E-state index is 4.21. The predicted octanol–water partition coefficient (Wildman–Crippen LogP) is 2.77. The topological polar surface area (TPSA) is 15.3 Å². The lowest BCUT2D eigenvalue weighted by Crippen LogP contribution is -2.31. The van der Waals surface area contributed by atoms with Crippen LogP contribution in [0.5, 0.6) is 0 Å². The maximum absolute atomic E-state index is 4.21. The van der Waals surface area contributed by atoms with Crippen LogP contribution in [0.3, 0.4) is 0 Å². The van der Waals surface area contributed by atoms with Gasteiger partial charge in [-0.05, 0) is 44.7 Å². The minimum atomic E-state index is 0.757. The highest BCUT2D eigenvalue weighted by atomic mass is 15.1. The average molecular weight is 222 g/mol. The van der Waals surface area contributed by atoms with Gasteiger partial charge in [-0.2, -0.15) is 0 Å². The summed E-state index contributed by atoms with van der Waals surface area (Å²) in [7, 11) is 0. The second-order valence-corrected chi connectivity index (χ2v) is 5.34. The Balaban J connectivity index is 1.59. The second-order valence-electron chi connectivity index (χ2n) is 5.34. The molecule has 92 valence electrons. The summed E-state index contributed by atoms with van der Waals surface area (Å²) < 4.78 is 0. The largest absolute Gasteiger partial charge is 0.387 e. The molecule has 0 unspecified atom stereocenters. The van der Waals surface area contributed by atoms with Crippen molar-refractivity contribution in [2.45, 2.75) is 44.9 Å². The summed E-state index contributed by atoms with van der Waals surface area (Å²) in [5.74, 6) is 0.757. The SMILES string of the molecule is C=C(NCCN1CCCC1)C1CCCCC1. The molecule has 1 aliphatic carbocycles. The Morgan fingerprint density at radius 1 is 1.06 bits per heavy atom. The van der Waals surface area contributed by atoms with Gasteiger partial charge in [0.25, 0.3) is 0 Å². The summed E-state index contributed by atoms with van der Waals surface area (Å²) in [6.45, 7) is 9.11. The van der Waals surface area contributed by atoms with Gasteiger partial charge in [0.05, 0.1) is 0 Å². The minimum Gasteiger partial charge on any atom is -0.387 e. The molecule has 0 radical (unpaired) electrons. The molecule has 2 fully saturated rings. The zero-order valence-corrected chi connectivity index (χ0v) is 10.5. The van der Waals surface area contributed by atoms with Gasteiger partial charge >= 0.3 is 0 Å². The molecule has 0 amide bonds. The molecule has 2 rings (SSSR count). The standard InChI is InChI=1S/C14H26N2/c1-13(14-7-3-2-4-8-14)15-9-12-16-10-5-6-11-16/h14-15H,1-12H2. The van der Waals surface area contributed by atoms with E-state index in [2.05, 4.69) is 16.8 Å². The molecule has 2 heteroatoms. The molecule has 2 aliphatic rings. The van der Waals surface area contributed by atoms with Crippen LogP contribution in [0.15, 0.2) is 12.3 Å². The third-order valence-corrected chi connectivity index (χ3v) is 4.08. The Hall–Kier alpha value is -0.500. The van der Waals surface area contributed by atoms with Crippen LogP contribution in [0.1, 0.15) is 44.9 Å². The second kappa shape index (κ2) is 6.29. The van der Waals surface area contributed by atoms with Crippen LogP contribution in [0.2, 0.25) is 0 Å². The quantitative estimate of drug-likeness (QED) is 0.769. The van der Waals surface area contributed by atoms with Gasteiger partial charge in [0.2, 0.25) is 0 Å². The molecule has 1 saturated carbocycles. The first kappa shape index (κ1) is 12.0. The third kappa shape index (κ3) is 3.51. The van der Waals surface area contributed by atoms with Crippen molar-refractivity contribution < 1.29 is 0 Å². The highest BCUT2D eigenvalue weighted by Crippen LogP contribution is 2.27. The van der Waals surface area contributed by atoms with E-state index in [-0.39, 0.29) is 0 Å². The molecule has 2 nitrogen and oxygen atoms in total. The Kier molecular flexibility index (Phi) is 4.70. The van der Waals surface area contributed by atoms with Crippen molar-refractivity contribution in [2.24, 2.45) is 5.92 Å². The normalized spacial score (nSPS) is 23.5. The highest BCUT2D eigenvalue weighted by molar-refractivity contribution is 4.99. The van der Waals surface area contributed by atoms with E-state index in [0.29, 0.717) is 0 Å². The molecular weight excluding hydrogens is 196 g/mol. The smallest absolute Gasteiger partial charge is 0.0271 e. The van der Waals surface area contributed by atoms with Crippen molar-refractivity contribution in [3.05, 3.63) is 12.3 Å². The molecule has 1 aliphatic heterocycles. The van der Waals surface area contributed by atoms with Crippen LogP contribution >= 0.6 is 0 Å². The van der Waals surface area contributed by atoms with Gasteiger partial charge in [0.15, 0.2) is 0 Å². The first-order chi connectivity index (χ1) is 7.86. The van der Waals surface area contributed by atoms with E-state index in [9.17, 15) is 0 Å². The highest BCUT2D eigenvalue weighted by Gasteiger charge is 2.16. The van der Waals surface area contributed by atoms with E-state index in [4.69, 9.17) is 0 Å². The number of hydrogen-bond acceptors (Lipinski definition) is 2. The van der Waals surface area contributed by atoms with Crippen molar-refractivity contribution in [3.63, 3.8) is 0 Å². The van der Waals surface area contributed by atoms with Gasteiger partial charge in [-0.1, -0.05) is 25.8 Å². The third-order valence-electron chi connectivity index (χ3n) is 4.08. The Bertz CT molecular complexity index is 213. The molecule has 0 atom stereocenters. The first-order valence-electron chi connectivity index (χ1n) is 7.01. The van der Waals surface area contributed by atoms with Crippen molar-refractivity contribution in [2.75, 3.05) is 26.2 Å². The fourth-order valence-electron chi connectivity index (χ4n) is 2.98. The van der Waals surface area contributed by atoms with Crippen LogP contribution in [0.4, 0.5) is 0 Å². The van der Waals surface area contributed by atoms with Crippen LogP contribution in [-0.2, 0) is 0 Å². The maximum Gasteiger partial charge on any atom is 0.0271 e. The molecule has 0 aromatic rings. The molecule has 0 aromatic carbocycles. The lowest BCUT2D eigenvalue weighted by Gasteiger charge is -2.25. The number of hydrogen-bond donors (Lipinski definition) is 1. The average Bonchev–Trinajstić information content (AvgIpc) is 2.83. The summed E-state index contributed by atoms with van der Waals surface area (Å²) in [6, 6.07) is 0. The summed E-state index contributed by atoms with van der Waals surface area (Å²) in [4.78, 5) is 2.56. The minimum absolute atomic E-state index is 0.757. The Morgan fingerprint density at radius 2 is 1.75 bits per heavy atom. The van der Waals surface area contributed by atoms with E-state index in [0.717, 1.165) is 12.5 Å². The summed E-state index contributed by atoms with van der Waals surface area (Å²) >= 11 is 0. The van der Waals surface area contributed by atoms with Gasteiger partial charge in [-0.3, -0.25) is 0 Å². The van der Waals surface area contributed by atoms with Gasteiger partial charge in [-0.15, -0.1) is 0 Å². The molecule has 16 heavy (non-hydrogen) atoms. The van der Waals surface area contributed by atoms with E-state index < -0.39 is 0 Å². The summed E-state index contributed by atoms with van der Waals surface area (Å²) in [5.41, 5.74) is 1.30. The van der Waals surface area contributed by atoms with Crippen LogP contribution in [0.25, 0.3) is 0 Å². The number of nitrogens with zero attached hydrogens (tertiary/aromatic N) is 1. The molecule has 1 heterocycles. The van der Waals surface area contributed by atoms with Gasteiger partial charge < -0.3 is 10.2 Å². The van der Waals surface area contributed by atoms with E-state index in [1.807, 2.05) is 0 Å². The van der Waals surface area contributed by atoms with Crippen LogP contribution in [0, 0.1) is 5.92 Å². The summed E-state index contributed by atoms with van der Waals surface area (Å²) in [6.07, 6.45) is 9.73. The van der Waals surface area contributed by atoms with Gasteiger partial charge in [0, 0.05) is 18.8 Å². The summed E-state index contributed by atoms with van der Waals surface area (Å²) in [5, 5.41) is 3.54. The van der Waals surface area contributed by atoms with E-state index in [1.165, 1.54) is 70.3 Å². The Morgan fingerprint density at radius 3 is 2.44 bits per heavy atom. The molecule has 0 bridgehead atoms. The van der Waals surface area contributed by atoms with Crippen LogP contribution in [-0.4, -0.2) is 31.1 Å². The van der Waals surface area contributed by atoms with Gasteiger partial charge in [-0.25, -0.2) is 0 Å². The van der Waals surface area contributed by atoms with Gasteiger partial charge in [0.1, 0.15) is 0 Å². The number of nitrogens with one attached hydrogen (secondary N) is 1. The lowest BCUT2D eigenvalue weighted by atomic mass is 9.87. The van der Waals surface area contributed by atoms with Crippen molar-refractivity contribution in [1.82, 2.24) is 10.2 Å². The van der Waals surface area contributed by atoms with Crippen molar-refractivity contribution >= 4 is 0 Å². The number of allylic oxidation sites excluding steroid dienone is 1. The molecule has 1 saturated heterocycles.